The van der Waals surface area contributed by atoms with Gasteiger partial charge in [-0.15, -0.1) is 0 Å². The molecule has 2 aliphatic rings. The summed E-state index contributed by atoms with van der Waals surface area (Å²) < 4.78 is 14.5. The number of aromatic nitrogens is 5. The zero-order valence-electron chi connectivity index (χ0n) is 14.3. The molecule has 1 atom stereocenters. The van der Waals surface area contributed by atoms with E-state index in [-0.39, 0.29) is 17.2 Å². The van der Waals surface area contributed by atoms with Gasteiger partial charge in [-0.05, 0) is 20.4 Å². The highest BCUT2D eigenvalue weighted by Crippen LogP contribution is 2.49. The van der Waals surface area contributed by atoms with Crippen LogP contribution in [0.3, 0.4) is 0 Å². The van der Waals surface area contributed by atoms with Crippen LogP contribution >= 0.6 is 0 Å². The lowest BCUT2D eigenvalue weighted by molar-refractivity contribution is 0.190. The number of aromatic amines is 1. The summed E-state index contributed by atoms with van der Waals surface area (Å²) >= 11 is 0. The van der Waals surface area contributed by atoms with Crippen LogP contribution in [0.1, 0.15) is 30.2 Å². The second-order valence-corrected chi connectivity index (χ2v) is 7.06. The molecule has 0 aliphatic carbocycles. The summed E-state index contributed by atoms with van der Waals surface area (Å²) in [6.45, 7) is 7.25. The van der Waals surface area contributed by atoms with E-state index in [4.69, 9.17) is 0 Å². The first-order valence-electron chi connectivity index (χ1n) is 8.34. The lowest BCUT2D eigenvalue weighted by Crippen LogP contribution is -2.60. The largest absolute Gasteiger partial charge is 0.353 e. The maximum atomic E-state index is 14.5. The van der Waals surface area contributed by atoms with E-state index in [0.717, 1.165) is 37.8 Å². The van der Waals surface area contributed by atoms with Gasteiger partial charge in [0, 0.05) is 37.5 Å². The maximum Gasteiger partial charge on any atom is 0.187 e. The van der Waals surface area contributed by atoms with Crippen molar-refractivity contribution in [2.45, 2.75) is 26.2 Å². The summed E-state index contributed by atoms with van der Waals surface area (Å²) in [5.41, 5.74) is 0.540. The van der Waals surface area contributed by atoms with Crippen molar-refractivity contribution in [1.29, 1.82) is 0 Å². The van der Waals surface area contributed by atoms with Crippen molar-refractivity contribution in [2.75, 3.05) is 38.1 Å². The van der Waals surface area contributed by atoms with Crippen LogP contribution in [0.4, 0.5) is 10.2 Å². The summed E-state index contributed by atoms with van der Waals surface area (Å²) in [7, 11) is 2.12. The minimum absolute atomic E-state index is 0.0627. The zero-order chi connectivity index (χ0) is 16.9. The molecule has 1 unspecified atom stereocenters. The van der Waals surface area contributed by atoms with Gasteiger partial charge < -0.3 is 9.80 Å². The number of rotatable bonds is 3. The summed E-state index contributed by atoms with van der Waals surface area (Å²) in [5.74, 6) is 2.10. The van der Waals surface area contributed by atoms with Crippen LogP contribution in [-0.2, 0) is 6.42 Å². The van der Waals surface area contributed by atoms with Gasteiger partial charge in [0.1, 0.15) is 12.2 Å². The number of likely N-dealkylation sites (tertiary alicyclic amines) is 1. The summed E-state index contributed by atoms with van der Waals surface area (Å²) in [6.07, 6.45) is 2.03. The molecule has 1 N–H and O–H groups in total. The molecule has 2 fully saturated rings. The third-order valence-electron chi connectivity index (χ3n) is 5.23. The smallest absolute Gasteiger partial charge is 0.187 e. The van der Waals surface area contributed by atoms with Crippen molar-refractivity contribution >= 4 is 5.82 Å². The highest BCUT2D eigenvalue weighted by Gasteiger charge is 2.56. The van der Waals surface area contributed by atoms with Crippen LogP contribution in [0.5, 0.6) is 0 Å². The third kappa shape index (κ3) is 2.28. The highest BCUT2D eigenvalue weighted by molar-refractivity contribution is 5.47. The van der Waals surface area contributed by atoms with E-state index in [1.54, 1.807) is 0 Å². The molecule has 2 aromatic rings. The molecule has 128 valence electrons. The Morgan fingerprint density at radius 1 is 1.33 bits per heavy atom. The number of anilines is 1. The van der Waals surface area contributed by atoms with Crippen LogP contribution in [0.15, 0.2) is 6.33 Å². The molecule has 0 aromatic carbocycles. The molecule has 1 spiro atoms. The molecule has 0 radical (unpaired) electrons. The predicted molar refractivity (Wildman–Crippen MR) is 87.4 cm³/mol. The molecule has 7 nitrogen and oxygen atoms in total. The quantitative estimate of drug-likeness (QED) is 0.909. The Hall–Kier alpha value is -2.09. The maximum absolute atomic E-state index is 14.5. The molecular formula is C16H22FN7. The Morgan fingerprint density at radius 3 is 2.79 bits per heavy atom. The topological polar surface area (TPSA) is 73.8 Å². The second kappa shape index (κ2) is 5.47. The zero-order valence-corrected chi connectivity index (χ0v) is 14.3. The number of nitrogens with one attached hydrogen (secondary N) is 1. The Labute approximate surface area is 140 Å². The number of halogens is 1. The van der Waals surface area contributed by atoms with Crippen molar-refractivity contribution in [3.05, 3.63) is 29.5 Å². The lowest BCUT2D eigenvalue weighted by Gasteiger charge is -2.51. The summed E-state index contributed by atoms with van der Waals surface area (Å²) in [6, 6.07) is 0. The van der Waals surface area contributed by atoms with Crippen molar-refractivity contribution in [1.82, 2.24) is 30.0 Å². The Kier molecular flexibility index (Phi) is 3.52. The molecule has 2 aromatic heterocycles. The van der Waals surface area contributed by atoms with Crippen LogP contribution < -0.4 is 4.90 Å². The van der Waals surface area contributed by atoms with E-state index in [1.165, 1.54) is 6.33 Å². The van der Waals surface area contributed by atoms with Gasteiger partial charge in [-0.3, -0.25) is 5.10 Å². The number of H-pyrrole nitrogens is 1. The first-order valence-corrected chi connectivity index (χ1v) is 8.34. The normalized spacial score (nSPS) is 23.0. The SMILES string of the molecule is CCc1ncnc(N2CC3(CN(C)CC3c3n[nH]c(C)n3)C2)c1F. The van der Waals surface area contributed by atoms with Gasteiger partial charge in [-0.2, -0.15) is 5.10 Å². The highest BCUT2D eigenvalue weighted by atomic mass is 19.1. The molecule has 2 saturated heterocycles. The first kappa shape index (κ1) is 15.4. The van der Waals surface area contributed by atoms with E-state index >= 15 is 0 Å². The van der Waals surface area contributed by atoms with Gasteiger partial charge in [0.2, 0.25) is 0 Å². The fraction of sp³-hybridized carbons (Fsp3) is 0.625. The van der Waals surface area contributed by atoms with Crippen LogP contribution in [0.25, 0.3) is 0 Å². The van der Waals surface area contributed by atoms with Crippen molar-refractivity contribution < 1.29 is 4.39 Å². The van der Waals surface area contributed by atoms with Gasteiger partial charge in [0.15, 0.2) is 17.5 Å². The number of aryl methyl sites for hydroxylation is 2. The Morgan fingerprint density at radius 2 is 2.12 bits per heavy atom. The molecule has 0 bridgehead atoms. The van der Waals surface area contributed by atoms with Crippen molar-refractivity contribution in [3.8, 4) is 0 Å². The van der Waals surface area contributed by atoms with Gasteiger partial charge in [-0.1, -0.05) is 6.92 Å². The number of likely N-dealkylation sites (N-methyl/N-ethyl adjacent to an activating group) is 1. The Balaban J connectivity index is 1.58. The van der Waals surface area contributed by atoms with Gasteiger partial charge in [0.05, 0.1) is 5.69 Å². The summed E-state index contributed by atoms with van der Waals surface area (Å²) in [5, 5.41) is 7.31. The molecule has 4 rings (SSSR count). The first-order chi connectivity index (χ1) is 11.5. The van der Waals surface area contributed by atoms with Crippen LogP contribution in [-0.4, -0.2) is 63.3 Å². The van der Waals surface area contributed by atoms with Crippen LogP contribution in [0, 0.1) is 18.2 Å². The monoisotopic (exact) mass is 331 g/mol. The average Bonchev–Trinajstić information content (AvgIpc) is 3.09. The standard InChI is InChI=1S/C16H22FN7/c1-4-12-13(17)15(19-9-18-12)24-7-16(8-24)6-23(3)5-11(16)14-20-10(2)21-22-14/h9,11H,4-8H2,1-3H3,(H,20,21,22). The Bertz CT molecular complexity index is 753. The number of nitrogens with zero attached hydrogens (tertiary/aromatic N) is 6. The fourth-order valence-corrected chi connectivity index (χ4v) is 4.14. The van der Waals surface area contributed by atoms with Gasteiger partial charge in [0.25, 0.3) is 0 Å². The molecular weight excluding hydrogens is 309 g/mol. The van der Waals surface area contributed by atoms with E-state index in [0.29, 0.717) is 17.9 Å². The van der Waals surface area contributed by atoms with Gasteiger partial charge in [-0.25, -0.2) is 19.3 Å². The molecule has 0 saturated carbocycles. The molecule has 8 heteroatoms. The molecule has 24 heavy (non-hydrogen) atoms. The van der Waals surface area contributed by atoms with E-state index in [9.17, 15) is 4.39 Å². The minimum atomic E-state index is -0.286. The van der Waals surface area contributed by atoms with E-state index in [2.05, 4.69) is 37.1 Å². The minimum Gasteiger partial charge on any atom is -0.353 e. The third-order valence-corrected chi connectivity index (χ3v) is 5.23. The summed E-state index contributed by atoms with van der Waals surface area (Å²) in [4.78, 5) is 17.1. The average molecular weight is 331 g/mol. The molecule has 2 aliphatic heterocycles. The fourth-order valence-electron chi connectivity index (χ4n) is 4.14. The molecule has 4 heterocycles. The lowest BCUT2D eigenvalue weighted by atomic mass is 9.71. The van der Waals surface area contributed by atoms with Gasteiger partial charge >= 0.3 is 0 Å². The van der Waals surface area contributed by atoms with Crippen LogP contribution in [0.2, 0.25) is 0 Å². The molecule has 0 amide bonds. The van der Waals surface area contributed by atoms with Crippen molar-refractivity contribution in [2.24, 2.45) is 5.41 Å². The van der Waals surface area contributed by atoms with E-state index in [1.807, 2.05) is 18.7 Å². The predicted octanol–water partition coefficient (Wildman–Crippen LogP) is 1.14. The van der Waals surface area contributed by atoms with E-state index < -0.39 is 0 Å². The number of hydrogen-bond donors (Lipinski definition) is 1. The number of hydrogen-bond acceptors (Lipinski definition) is 6. The second-order valence-electron chi connectivity index (χ2n) is 7.06. The van der Waals surface area contributed by atoms with Crippen molar-refractivity contribution in [3.63, 3.8) is 0 Å².